The molecule has 42 heavy (non-hydrogen) atoms. The Kier molecular flexibility index (Phi) is 8.59. The lowest BCUT2D eigenvalue weighted by Crippen LogP contribution is -2.71. The molecule has 1 aromatic carbocycles. The van der Waals surface area contributed by atoms with Crippen molar-refractivity contribution in [3.05, 3.63) is 35.1 Å². The van der Waals surface area contributed by atoms with Crippen LogP contribution in [0.4, 0.5) is 0 Å². The highest BCUT2D eigenvalue weighted by Gasteiger charge is 2.69. The molecule has 0 unspecified atom stereocenters. The van der Waals surface area contributed by atoms with E-state index in [1.54, 1.807) is 12.1 Å². The van der Waals surface area contributed by atoms with E-state index in [1.807, 2.05) is 27.0 Å². The van der Waals surface area contributed by atoms with Crippen LogP contribution in [0.25, 0.3) is 0 Å². The van der Waals surface area contributed by atoms with E-state index < -0.39 is 65.7 Å². The number of carboxylic acids is 1. The number of ether oxygens (including phenoxy) is 5. The number of aliphatic hydroxyl groups excluding tert-OH is 1. The van der Waals surface area contributed by atoms with Crippen molar-refractivity contribution in [3.8, 4) is 11.5 Å². The van der Waals surface area contributed by atoms with Gasteiger partial charge in [0.05, 0.1) is 24.5 Å². The van der Waals surface area contributed by atoms with Crippen LogP contribution < -0.4 is 9.47 Å². The van der Waals surface area contributed by atoms with Gasteiger partial charge in [-0.05, 0) is 65.4 Å². The molecule has 1 aromatic rings. The van der Waals surface area contributed by atoms with Crippen LogP contribution in [0.1, 0.15) is 51.2 Å². The normalized spacial score (nSPS) is 28.4. The zero-order valence-corrected chi connectivity index (χ0v) is 24.4. The maximum atomic E-state index is 13.2. The molecular formula is C29H37NO12. The Labute approximate surface area is 242 Å². The number of likely N-dealkylation sites (tertiary alicyclic amines) is 1. The maximum Gasteiger partial charge on any atom is 0.348 e. The topological polar surface area (TPSA) is 178 Å². The van der Waals surface area contributed by atoms with Crippen molar-refractivity contribution in [2.45, 2.75) is 88.4 Å². The van der Waals surface area contributed by atoms with Gasteiger partial charge in [-0.25, -0.2) is 14.4 Å². The summed E-state index contributed by atoms with van der Waals surface area (Å²) in [5.41, 5.74) is -0.678. The largest absolute Gasteiger partial charge is 0.493 e. The SMILES string of the molecule is COc1ccc(C)c2c1O[C@H]1C(OC(=O)C[C@H](OC(=O)[C@H](C)O)C(=O)O[C@@H](C)C(=O)O)=CC[C@@]3(O)[C@@H](C)N(C)CC[C@]213. The van der Waals surface area contributed by atoms with Gasteiger partial charge in [0, 0.05) is 18.0 Å². The van der Waals surface area contributed by atoms with Gasteiger partial charge in [-0.3, -0.25) is 4.79 Å². The highest BCUT2D eigenvalue weighted by molar-refractivity contribution is 5.87. The highest BCUT2D eigenvalue weighted by Crippen LogP contribution is 2.62. The average Bonchev–Trinajstić information content (AvgIpc) is 3.29. The lowest BCUT2D eigenvalue weighted by molar-refractivity contribution is -0.181. The zero-order chi connectivity index (χ0) is 31.1. The minimum Gasteiger partial charge on any atom is -0.493 e. The summed E-state index contributed by atoms with van der Waals surface area (Å²) in [5.74, 6) is -3.97. The monoisotopic (exact) mass is 591 g/mol. The Morgan fingerprint density at radius 2 is 1.86 bits per heavy atom. The molecule has 3 aliphatic rings. The van der Waals surface area contributed by atoms with E-state index in [4.69, 9.17) is 28.8 Å². The Hall–Kier alpha value is -3.68. The van der Waals surface area contributed by atoms with E-state index in [9.17, 15) is 29.4 Å². The Morgan fingerprint density at radius 1 is 1.17 bits per heavy atom. The number of piperidine rings is 1. The van der Waals surface area contributed by atoms with Gasteiger partial charge >= 0.3 is 23.9 Å². The molecule has 7 atom stereocenters. The molecule has 3 N–H and O–H groups in total. The first-order valence-electron chi connectivity index (χ1n) is 13.7. The summed E-state index contributed by atoms with van der Waals surface area (Å²) >= 11 is 0. The van der Waals surface area contributed by atoms with Crippen LogP contribution in [0, 0.1) is 6.92 Å². The number of carbonyl (C=O) groups excluding carboxylic acids is 3. The molecule has 2 heterocycles. The van der Waals surface area contributed by atoms with E-state index >= 15 is 0 Å². The molecule has 0 aromatic heterocycles. The minimum absolute atomic E-state index is 0.104. The number of fused-ring (bicyclic) bond motifs is 1. The minimum atomic E-state index is -1.89. The number of likely N-dealkylation sites (N-methyl/N-ethyl adjacent to an activating group) is 1. The quantitative estimate of drug-likeness (QED) is 0.274. The number of nitrogens with zero attached hydrogens (tertiary/aromatic N) is 1. The van der Waals surface area contributed by atoms with Crippen LogP contribution in [-0.4, -0.2) is 101 Å². The zero-order valence-electron chi connectivity index (χ0n) is 24.4. The summed E-state index contributed by atoms with van der Waals surface area (Å²) in [6.07, 6.45) is -4.70. The second-order valence-corrected chi connectivity index (χ2v) is 11.1. The van der Waals surface area contributed by atoms with Crippen molar-refractivity contribution in [2.24, 2.45) is 0 Å². The van der Waals surface area contributed by atoms with Crippen LogP contribution in [-0.2, 0) is 38.8 Å². The Balaban J connectivity index is 1.67. The molecule has 1 spiro atoms. The van der Waals surface area contributed by atoms with Crippen molar-refractivity contribution in [2.75, 3.05) is 20.7 Å². The number of methoxy groups -OCH3 is 1. The van der Waals surface area contributed by atoms with Gasteiger partial charge in [-0.1, -0.05) is 6.07 Å². The number of aliphatic hydroxyl groups is 2. The lowest BCUT2D eigenvalue weighted by Gasteiger charge is -2.58. The van der Waals surface area contributed by atoms with E-state index in [0.29, 0.717) is 24.5 Å². The second-order valence-electron chi connectivity index (χ2n) is 11.1. The first-order chi connectivity index (χ1) is 19.7. The van der Waals surface area contributed by atoms with E-state index in [2.05, 4.69) is 4.90 Å². The summed E-state index contributed by atoms with van der Waals surface area (Å²) in [6, 6.07) is 3.36. The predicted octanol–water partition coefficient (Wildman–Crippen LogP) is 0.987. The maximum absolute atomic E-state index is 13.2. The molecule has 0 saturated carbocycles. The van der Waals surface area contributed by atoms with Gasteiger partial charge in [-0.2, -0.15) is 0 Å². The number of hydrogen-bond donors (Lipinski definition) is 3. The van der Waals surface area contributed by atoms with E-state index in [-0.39, 0.29) is 18.2 Å². The molecule has 4 rings (SSSR count). The second kappa shape index (κ2) is 11.5. The van der Waals surface area contributed by atoms with Crippen molar-refractivity contribution in [1.29, 1.82) is 0 Å². The van der Waals surface area contributed by atoms with Crippen molar-refractivity contribution in [1.82, 2.24) is 4.90 Å². The predicted molar refractivity (Wildman–Crippen MR) is 144 cm³/mol. The summed E-state index contributed by atoms with van der Waals surface area (Å²) in [6.45, 7) is 6.65. The van der Waals surface area contributed by atoms with Crippen LogP contribution in [0.2, 0.25) is 0 Å². The van der Waals surface area contributed by atoms with Gasteiger partial charge in [0.1, 0.15) is 11.9 Å². The number of aliphatic carboxylic acids is 1. The number of carbonyl (C=O) groups is 4. The molecule has 13 nitrogen and oxygen atoms in total. The first-order valence-corrected chi connectivity index (χ1v) is 13.7. The van der Waals surface area contributed by atoms with Gasteiger partial charge in [-0.15, -0.1) is 0 Å². The van der Waals surface area contributed by atoms with Crippen molar-refractivity contribution in [3.63, 3.8) is 0 Å². The number of esters is 3. The fraction of sp³-hybridized carbons (Fsp3) is 0.586. The molecule has 0 radical (unpaired) electrons. The fourth-order valence-electron chi connectivity index (χ4n) is 6.19. The van der Waals surface area contributed by atoms with Gasteiger partial charge in [0.15, 0.2) is 23.7 Å². The summed E-state index contributed by atoms with van der Waals surface area (Å²) in [5, 5.41) is 31.0. The lowest BCUT2D eigenvalue weighted by atomic mass is 9.54. The van der Waals surface area contributed by atoms with Crippen molar-refractivity contribution >= 4 is 23.9 Å². The number of rotatable bonds is 9. The fourth-order valence-corrected chi connectivity index (χ4v) is 6.19. The highest BCUT2D eigenvalue weighted by atomic mass is 16.6. The van der Waals surface area contributed by atoms with Gasteiger partial charge in [0.25, 0.3) is 0 Å². The standard InChI is InChI=1S/C29H37NO12/c1-14-7-8-18(38-6)23-22(14)28-11-12-30(5)17(4)29(28,37)10-9-19(24(28)42-23)40-21(32)13-20(41-26(35)15(2)31)27(36)39-16(3)25(33)34/h7-9,15-17,20,24,31,37H,10-13H2,1-6H3,(H,33,34)/t15-,16-,17+,20-,24-,28-,29+/m0/s1. The molecule has 1 fully saturated rings. The van der Waals surface area contributed by atoms with Crippen LogP contribution in [0.5, 0.6) is 11.5 Å². The van der Waals surface area contributed by atoms with Gasteiger partial charge in [0.2, 0.25) is 6.10 Å². The molecule has 0 bridgehead atoms. The molecule has 13 heteroatoms. The van der Waals surface area contributed by atoms with E-state index in [1.165, 1.54) is 7.11 Å². The molecule has 230 valence electrons. The van der Waals surface area contributed by atoms with Crippen molar-refractivity contribution < 1.29 is 58.2 Å². The summed E-state index contributed by atoms with van der Waals surface area (Å²) in [4.78, 5) is 51.1. The van der Waals surface area contributed by atoms with Crippen LogP contribution in [0.3, 0.4) is 0 Å². The first kappa shape index (κ1) is 31.3. The molecular weight excluding hydrogens is 554 g/mol. The number of hydrogen-bond acceptors (Lipinski definition) is 12. The molecule has 2 aliphatic heterocycles. The Morgan fingerprint density at radius 3 is 2.48 bits per heavy atom. The third-order valence-corrected chi connectivity index (χ3v) is 8.62. The molecule has 1 saturated heterocycles. The summed E-state index contributed by atoms with van der Waals surface area (Å²) < 4.78 is 27.5. The molecule has 1 aliphatic carbocycles. The van der Waals surface area contributed by atoms with Gasteiger partial charge < -0.3 is 43.9 Å². The average molecular weight is 592 g/mol. The third-order valence-electron chi connectivity index (χ3n) is 8.62. The smallest absolute Gasteiger partial charge is 0.348 e. The van der Waals surface area contributed by atoms with E-state index in [0.717, 1.165) is 25.0 Å². The Bertz CT molecular complexity index is 1310. The van der Waals surface area contributed by atoms with Crippen LogP contribution >= 0.6 is 0 Å². The number of benzene rings is 1. The summed E-state index contributed by atoms with van der Waals surface area (Å²) in [7, 11) is 3.44. The van der Waals surface area contributed by atoms with Crippen LogP contribution in [0.15, 0.2) is 24.0 Å². The number of carboxylic acid groups (broad SMARTS) is 1. The number of aryl methyl sites for hydroxylation is 1. The third kappa shape index (κ3) is 5.09. The molecule has 0 amide bonds.